The lowest BCUT2D eigenvalue weighted by atomic mass is 10.1. The Labute approximate surface area is 188 Å². The largest absolute Gasteiger partial charge is 0.490 e. The van der Waals surface area contributed by atoms with Crippen LogP contribution >= 0.6 is 15.9 Å². The number of nitrogens with one attached hydrogen (secondary N) is 1. The molecule has 0 heterocycles. The number of non-ortho nitro benzene ring substituents is 1. The van der Waals surface area contributed by atoms with Crippen molar-refractivity contribution in [3.8, 4) is 17.6 Å². The SMILES string of the molecule is CCOc1cc(/C=C(/C#N)C(=O)NC(C)C)c(Br)cc1OCc1ccc([N+](=O)[O-])cc1. The van der Waals surface area contributed by atoms with Crippen molar-refractivity contribution < 1.29 is 19.2 Å². The lowest BCUT2D eigenvalue weighted by Crippen LogP contribution is -2.30. The number of ether oxygens (including phenoxy) is 2. The van der Waals surface area contributed by atoms with Crippen LogP contribution in [-0.4, -0.2) is 23.5 Å². The van der Waals surface area contributed by atoms with Crippen molar-refractivity contribution in [2.24, 2.45) is 0 Å². The topological polar surface area (TPSA) is 114 Å². The Morgan fingerprint density at radius 3 is 2.45 bits per heavy atom. The Hall–Kier alpha value is -3.38. The van der Waals surface area contributed by atoms with E-state index in [4.69, 9.17) is 9.47 Å². The molecule has 0 fully saturated rings. The fourth-order valence-electron chi connectivity index (χ4n) is 2.56. The monoisotopic (exact) mass is 487 g/mol. The molecular weight excluding hydrogens is 466 g/mol. The van der Waals surface area contributed by atoms with Crippen LogP contribution in [0.15, 0.2) is 46.4 Å². The van der Waals surface area contributed by atoms with Gasteiger partial charge in [-0.2, -0.15) is 5.26 Å². The van der Waals surface area contributed by atoms with Crippen LogP contribution in [0.5, 0.6) is 11.5 Å². The van der Waals surface area contributed by atoms with Gasteiger partial charge >= 0.3 is 0 Å². The number of nitriles is 1. The van der Waals surface area contributed by atoms with Gasteiger partial charge in [-0.25, -0.2) is 0 Å². The van der Waals surface area contributed by atoms with E-state index >= 15 is 0 Å². The van der Waals surface area contributed by atoms with E-state index in [0.717, 1.165) is 5.56 Å². The zero-order valence-electron chi connectivity index (χ0n) is 17.3. The highest BCUT2D eigenvalue weighted by molar-refractivity contribution is 9.10. The molecule has 162 valence electrons. The third-order valence-corrected chi connectivity index (χ3v) is 4.68. The van der Waals surface area contributed by atoms with Crippen molar-refractivity contribution in [3.05, 3.63) is 67.7 Å². The molecule has 0 atom stereocenters. The van der Waals surface area contributed by atoms with Gasteiger partial charge in [-0.05, 0) is 62.2 Å². The number of nitro groups is 1. The standard InChI is InChI=1S/C22H22BrN3O5/c1-4-30-20-10-16(9-17(12-24)22(27)25-14(2)3)19(23)11-21(20)31-13-15-5-7-18(8-6-15)26(28)29/h5-11,14H,4,13H2,1-3H3,(H,25,27)/b17-9-. The Morgan fingerprint density at radius 2 is 1.90 bits per heavy atom. The van der Waals surface area contributed by atoms with Gasteiger partial charge in [0.1, 0.15) is 18.2 Å². The number of rotatable bonds is 9. The molecule has 31 heavy (non-hydrogen) atoms. The van der Waals surface area contributed by atoms with Crippen LogP contribution in [0.4, 0.5) is 5.69 Å². The fraction of sp³-hybridized carbons (Fsp3) is 0.273. The maximum Gasteiger partial charge on any atom is 0.269 e. The van der Waals surface area contributed by atoms with Crippen LogP contribution in [-0.2, 0) is 11.4 Å². The minimum atomic E-state index is -0.460. The van der Waals surface area contributed by atoms with Gasteiger partial charge in [0.25, 0.3) is 11.6 Å². The summed E-state index contributed by atoms with van der Waals surface area (Å²) < 4.78 is 12.1. The first-order chi connectivity index (χ1) is 14.7. The zero-order chi connectivity index (χ0) is 23.0. The second kappa shape index (κ2) is 11.1. The van der Waals surface area contributed by atoms with Gasteiger partial charge in [0.05, 0.1) is 11.5 Å². The molecular formula is C22H22BrN3O5. The van der Waals surface area contributed by atoms with Crippen LogP contribution in [0.25, 0.3) is 6.08 Å². The average Bonchev–Trinajstić information content (AvgIpc) is 2.72. The molecule has 0 unspecified atom stereocenters. The minimum absolute atomic E-state index is 0.00689. The van der Waals surface area contributed by atoms with E-state index in [0.29, 0.717) is 28.1 Å². The normalized spacial score (nSPS) is 11.0. The molecule has 2 aromatic rings. The molecule has 0 saturated carbocycles. The van der Waals surface area contributed by atoms with E-state index in [1.165, 1.54) is 18.2 Å². The maximum atomic E-state index is 12.2. The molecule has 8 nitrogen and oxygen atoms in total. The quantitative estimate of drug-likeness (QED) is 0.236. The molecule has 2 aromatic carbocycles. The van der Waals surface area contributed by atoms with Gasteiger partial charge < -0.3 is 14.8 Å². The summed E-state index contributed by atoms with van der Waals surface area (Å²) >= 11 is 3.45. The molecule has 0 aliphatic carbocycles. The number of carbonyl (C=O) groups excluding carboxylic acids is 1. The van der Waals surface area contributed by atoms with E-state index in [9.17, 15) is 20.2 Å². The van der Waals surface area contributed by atoms with E-state index in [1.54, 1.807) is 24.3 Å². The smallest absolute Gasteiger partial charge is 0.269 e. The first-order valence-electron chi connectivity index (χ1n) is 9.50. The van der Waals surface area contributed by atoms with Crippen LogP contribution in [0.2, 0.25) is 0 Å². The predicted molar refractivity (Wildman–Crippen MR) is 120 cm³/mol. The highest BCUT2D eigenvalue weighted by Crippen LogP contribution is 2.35. The summed E-state index contributed by atoms with van der Waals surface area (Å²) in [6.45, 7) is 6.02. The van der Waals surface area contributed by atoms with Gasteiger partial charge in [0.15, 0.2) is 11.5 Å². The Bertz CT molecular complexity index is 1030. The van der Waals surface area contributed by atoms with Crippen LogP contribution < -0.4 is 14.8 Å². The third-order valence-electron chi connectivity index (χ3n) is 3.99. The number of nitro benzene ring substituents is 1. The lowest BCUT2D eigenvalue weighted by Gasteiger charge is -2.14. The average molecular weight is 488 g/mol. The van der Waals surface area contributed by atoms with Crippen molar-refractivity contribution in [3.63, 3.8) is 0 Å². The summed E-state index contributed by atoms with van der Waals surface area (Å²) in [5.74, 6) is 0.440. The number of benzene rings is 2. The van der Waals surface area contributed by atoms with Gasteiger partial charge in [0.2, 0.25) is 0 Å². The zero-order valence-corrected chi connectivity index (χ0v) is 18.9. The summed E-state index contributed by atoms with van der Waals surface area (Å²) in [6, 6.07) is 11.3. The number of nitrogens with zero attached hydrogens (tertiary/aromatic N) is 2. The summed E-state index contributed by atoms with van der Waals surface area (Å²) in [5.41, 5.74) is 1.32. The van der Waals surface area contributed by atoms with Crippen LogP contribution in [0, 0.1) is 21.4 Å². The van der Waals surface area contributed by atoms with Crippen molar-refractivity contribution in [1.29, 1.82) is 5.26 Å². The van der Waals surface area contributed by atoms with Crippen molar-refractivity contribution in [2.75, 3.05) is 6.61 Å². The first kappa shape index (κ1) is 23.9. The molecule has 9 heteroatoms. The van der Waals surface area contributed by atoms with E-state index in [-0.39, 0.29) is 23.9 Å². The molecule has 2 rings (SSSR count). The molecule has 0 bridgehead atoms. The van der Waals surface area contributed by atoms with Crippen LogP contribution in [0.3, 0.4) is 0 Å². The van der Waals surface area contributed by atoms with E-state index in [1.807, 2.05) is 26.8 Å². The lowest BCUT2D eigenvalue weighted by molar-refractivity contribution is -0.384. The third kappa shape index (κ3) is 6.83. The van der Waals surface area contributed by atoms with Crippen molar-refractivity contribution >= 4 is 33.6 Å². The molecule has 1 N–H and O–H groups in total. The molecule has 0 radical (unpaired) electrons. The second-order valence-corrected chi connectivity index (χ2v) is 7.62. The molecule has 0 spiro atoms. The van der Waals surface area contributed by atoms with Crippen molar-refractivity contribution in [2.45, 2.75) is 33.4 Å². The van der Waals surface area contributed by atoms with Gasteiger partial charge in [-0.1, -0.05) is 15.9 Å². The number of hydrogen-bond acceptors (Lipinski definition) is 6. The molecule has 1 amide bonds. The second-order valence-electron chi connectivity index (χ2n) is 6.76. The Balaban J connectivity index is 2.28. The van der Waals surface area contributed by atoms with Gasteiger partial charge in [-0.15, -0.1) is 0 Å². The number of carbonyl (C=O) groups is 1. The van der Waals surface area contributed by atoms with Gasteiger partial charge in [-0.3, -0.25) is 14.9 Å². The maximum absolute atomic E-state index is 12.2. The summed E-state index contributed by atoms with van der Waals surface area (Å²) in [6.07, 6.45) is 1.48. The minimum Gasteiger partial charge on any atom is -0.490 e. The molecule has 0 aromatic heterocycles. The summed E-state index contributed by atoms with van der Waals surface area (Å²) in [5, 5.41) is 22.8. The van der Waals surface area contributed by atoms with Gasteiger partial charge in [0, 0.05) is 22.6 Å². The van der Waals surface area contributed by atoms with E-state index in [2.05, 4.69) is 21.2 Å². The molecule has 0 aliphatic heterocycles. The van der Waals surface area contributed by atoms with E-state index < -0.39 is 10.8 Å². The molecule has 0 saturated heterocycles. The van der Waals surface area contributed by atoms with Crippen LogP contribution in [0.1, 0.15) is 31.9 Å². The summed E-state index contributed by atoms with van der Waals surface area (Å²) in [4.78, 5) is 22.5. The van der Waals surface area contributed by atoms with Crippen molar-refractivity contribution in [1.82, 2.24) is 5.32 Å². The Kier molecular flexibility index (Phi) is 8.58. The fourth-order valence-corrected chi connectivity index (χ4v) is 3.00. The number of amides is 1. The highest BCUT2D eigenvalue weighted by Gasteiger charge is 2.15. The Morgan fingerprint density at radius 1 is 1.26 bits per heavy atom. The summed E-state index contributed by atoms with van der Waals surface area (Å²) in [7, 11) is 0. The number of halogens is 1. The number of hydrogen-bond donors (Lipinski definition) is 1. The highest BCUT2D eigenvalue weighted by atomic mass is 79.9. The first-order valence-corrected chi connectivity index (χ1v) is 10.3. The molecule has 0 aliphatic rings. The predicted octanol–water partition coefficient (Wildman–Crippen LogP) is 4.77.